The van der Waals surface area contributed by atoms with Crippen LogP contribution in [0.15, 0.2) is 65.1 Å². The minimum atomic E-state index is -0.396. The van der Waals surface area contributed by atoms with Crippen molar-refractivity contribution in [3.8, 4) is 11.4 Å². The maximum absolute atomic E-state index is 13.2. The highest BCUT2D eigenvalue weighted by Crippen LogP contribution is 2.30. The second-order valence-corrected chi connectivity index (χ2v) is 8.47. The highest BCUT2D eigenvalue weighted by molar-refractivity contribution is 5.94. The number of aromatic nitrogens is 3. The summed E-state index contributed by atoms with van der Waals surface area (Å²) in [6, 6.07) is 17.4. The largest absolute Gasteiger partial charge is 0.465 e. The monoisotopic (exact) mass is 458 g/mol. The molecule has 3 aromatic carbocycles. The topological polar surface area (TPSA) is 82.2 Å². The number of oxazole rings is 1. The Balaban J connectivity index is 1.55. The fourth-order valence-electron chi connectivity index (χ4n) is 3.92. The van der Waals surface area contributed by atoms with E-state index in [0.717, 1.165) is 29.0 Å². The fourth-order valence-corrected chi connectivity index (χ4v) is 3.92. The molecule has 1 N–H and O–H groups in total. The molecule has 0 fully saturated rings. The average Bonchev–Trinajstić information content (AvgIpc) is 3.39. The van der Waals surface area contributed by atoms with Gasteiger partial charge in [0.15, 0.2) is 5.58 Å². The van der Waals surface area contributed by atoms with Crippen molar-refractivity contribution in [1.29, 1.82) is 0 Å². The Morgan fingerprint density at radius 2 is 1.85 bits per heavy atom. The molecule has 0 saturated heterocycles. The summed E-state index contributed by atoms with van der Waals surface area (Å²) in [6.07, 6.45) is 0. The zero-order chi connectivity index (χ0) is 23.8. The van der Waals surface area contributed by atoms with Crippen LogP contribution in [0.4, 0.5) is 16.1 Å². The maximum Gasteiger partial charge on any atom is 0.337 e. The molecule has 172 valence electrons. The number of fused-ring (bicyclic) bond motifs is 2. The maximum atomic E-state index is 13.2. The summed E-state index contributed by atoms with van der Waals surface area (Å²) in [4.78, 5) is 21.4. The van der Waals surface area contributed by atoms with Crippen LogP contribution < -0.4 is 5.32 Å². The highest BCUT2D eigenvalue weighted by atomic mass is 19.1. The van der Waals surface area contributed by atoms with E-state index < -0.39 is 5.97 Å². The zero-order valence-corrected chi connectivity index (χ0v) is 19.0. The summed E-state index contributed by atoms with van der Waals surface area (Å²) < 4.78 is 26.0. The molecule has 5 aromatic rings. The molecule has 34 heavy (non-hydrogen) atoms. The summed E-state index contributed by atoms with van der Waals surface area (Å²) in [6.45, 7) is 5.05. The van der Waals surface area contributed by atoms with Gasteiger partial charge in [0.2, 0.25) is 0 Å². The van der Waals surface area contributed by atoms with Crippen LogP contribution >= 0.6 is 0 Å². The van der Waals surface area contributed by atoms with Crippen LogP contribution in [0, 0.1) is 11.7 Å². The SMILES string of the molecule is COC(=O)c1ccc2c(c1)nc(-c1ccc3oc(Nc4ccc(F)cc4)nc3c1)n2CC(C)C. The quantitative estimate of drug-likeness (QED) is 0.307. The number of methoxy groups -OCH3 is 1. The molecule has 0 aliphatic carbocycles. The number of halogens is 1. The van der Waals surface area contributed by atoms with Gasteiger partial charge in [0.25, 0.3) is 6.01 Å². The van der Waals surface area contributed by atoms with E-state index in [2.05, 4.69) is 28.7 Å². The van der Waals surface area contributed by atoms with E-state index in [-0.39, 0.29) is 5.82 Å². The first-order valence-electron chi connectivity index (χ1n) is 10.9. The Morgan fingerprint density at radius 3 is 2.59 bits per heavy atom. The third-order valence-corrected chi connectivity index (χ3v) is 5.46. The van der Waals surface area contributed by atoms with Crippen LogP contribution in [0.2, 0.25) is 0 Å². The number of carbonyl (C=O) groups is 1. The smallest absolute Gasteiger partial charge is 0.337 e. The van der Waals surface area contributed by atoms with Gasteiger partial charge in [-0.25, -0.2) is 14.2 Å². The van der Waals surface area contributed by atoms with E-state index >= 15 is 0 Å². The average molecular weight is 458 g/mol. The van der Waals surface area contributed by atoms with Gasteiger partial charge in [-0.3, -0.25) is 0 Å². The molecule has 0 amide bonds. The van der Waals surface area contributed by atoms with Crippen LogP contribution in [0.1, 0.15) is 24.2 Å². The highest BCUT2D eigenvalue weighted by Gasteiger charge is 2.17. The van der Waals surface area contributed by atoms with Crippen molar-refractivity contribution < 1.29 is 18.3 Å². The lowest BCUT2D eigenvalue weighted by Crippen LogP contribution is -2.06. The lowest BCUT2D eigenvalue weighted by molar-refractivity contribution is 0.0601. The molecule has 7 nitrogen and oxygen atoms in total. The normalized spacial score (nSPS) is 11.4. The molecule has 0 radical (unpaired) electrons. The van der Waals surface area contributed by atoms with Gasteiger partial charge in [0, 0.05) is 17.8 Å². The number of nitrogens with zero attached hydrogens (tertiary/aromatic N) is 3. The summed E-state index contributed by atoms with van der Waals surface area (Å²) in [7, 11) is 1.36. The summed E-state index contributed by atoms with van der Waals surface area (Å²) in [5.74, 6) is 0.463. The Labute approximate surface area is 195 Å². The predicted octanol–water partition coefficient (Wildman–Crippen LogP) is 6.17. The van der Waals surface area contributed by atoms with E-state index in [1.165, 1.54) is 19.2 Å². The Bertz CT molecular complexity index is 1500. The molecule has 0 saturated carbocycles. The summed E-state index contributed by atoms with van der Waals surface area (Å²) in [5, 5.41) is 3.05. The number of hydrogen-bond donors (Lipinski definition) is 1. The molecule has 0 atom stereocenters. The van der Waals surface area contributed by atoms with Crippen molar-refractivity contribution in [2.24, 2.45) is 5.92 Å². The van der Waals surface area contributed by atoms with Crippen molar-refractivity contribution in [2.75, 3.05) is 12.4 Å². The minimum Gasteiger partial charge on any atom is -0.465 e. The first-order valence-corrected chi connectivity index (χ1v) is 10.9. The van der Waals surface area contributed by atoms with Crippen LogP contribution in [-0.2, 0) is 11.3 Å². The van der Waals surface area contributed by atoms with Crippen molar-refractivity contribution in [1.82, 2.24) is 14.5 Å². The van der Waals surface area contributed by atoms with E-state index in [9.17, 15) is 9.18 Å². The molecule has 0 unspecified atom stereocenters. The molecule has 0 aliphatic rings. The predicted molar refractivity (Wildman–Crippen MR) is 129 cm³/mol. The first kappa shape index (κ1) is 21.6. The Morgan fingerprint density at radius 1 is 1.06 bits per heavy atom. The van der Waals surface area contributed by atoms with E-state index in [1.807, 2.05) is 24.3 Å². The van der Waals surface area contributed by atoms with E-state index in [1.54, 1.807) is 24.3 Å². The van der Waals surface area contributed by atoms with Crippen LogP contribution in [-0.4, -0.2) is 27.6 Å². The van der Waals surface area contributed by atoms with Gasteiger partial charge in [-0.2, -0.15) is 4.98 Å². The standard InChI is InChI=1S/C26H23FN4O3/c1-15(2)14-31-22-10-4-17(25(32)33-3)13-20(22)29-24(31)16-5-11-23-21(12-16)30-26(34-23)28-19-8-6-18(27)7-9-19/h4-13,15H,14H2,1-3H3,(H,28,30). The summed E-state index contributed by atoms with van der Waals surface area (Å²) >= 11 is 0. The lowest BCUT2D eigenvalue weighted by Gasteiger charge is -2.12. The van der Waals surface area contributed by atoms with Crippen molar-refractivity contribution in [3.05, 3.63) is 72.0 Å². The number of anilines is 2. The second kappa shape index (κ2) is 8.62. The molecular weight excluding hydrogens is 435 g/mol. The van der Waals surface area contributed by atoms with Gasteiger partial charge in [-0.15, -0.1) is 0 Å². The van der Waals surface area contributed by atoms with Gasteiger partial charge in [0.1, 0.15) is 17.2 Å². The molecule has 2 aromatic heterocycles. The van der Waals surface area contributed by atoms with Gasteiger partial charge in [-0.05, 0) is 66.6 Å². The van der Waals surface area contributed by atoms with Gasteiger partial charge >= 0.3 is 5.97 Å². The lowest BCUT2D eigenvalue weighted by atomic mass is 10.1. The van der Waals surface area contributed by atoms with Crippen LogP contribution in [0.3, 0.4) is 0 Å². The number of rotatable bonds is 6. The Hall–Kier alpha value is -4.20. The molecule has 8 heteroatoms. The Kier molecular flexibility index (Phi) is 5.49. The van der Waals surface area contributed by atoms with Crippen LogP contribution in [0.5, 0.6) is 0 Å². The molecule has 0 bridgehead atoms. The first-order chi connectivity index (χ1) is 16.4. The number of esters is 1. The third kappa shape index (κ3) is 4.10. The van der Waals surface area contributed by atoms with Gasteiger partial charge in [0.05, 0.1) is 23.7 Å². The van der Waals surface area contributed by atoms with Crippen molar-refractivity contribution in [2.45, 2.75) is 20.4 Å². The van der Waals surface area contributed by atoms with Gasteiger partial charge in [-0.1, -0.05) is 13.8 Å². The number of ether oxygens (including phenoxy) is 1. The molecular formula is C26H23FN4O3. The summed E-state index contributed by atoms with van der Waals surface area (Å²) in [5.41, 5.74) is 4.96. The van der Waals surface area contributed by atoms with Crippen LogP contribution in [0.25, 0.3) is 33.5 Å². The second-order valence-electron chi connectivity index (χ2n) is 8.47. The fraction of sp³-hybridized carbons (Fsp3) is 0.192. The third-order valence-electron chi connectivity index (χ3n) is 5.46. The van der Waals surface area contributed by atoms with Crippen molar-refractivity contribution in [3.63, 3.8) is 0 Å². The van der Waals surface area contributed by atoms with Gasteiger partial charge < -0.3 is 19.0 Å². The molecule has 2 heterocycles. The number of imidazole rings is 1. The zero-order valence-electron chi connectivity index (χ0n) is 19.0. The molecule has 0 aliphatic heterocycles. The van der Waals surface area contributed by atoms with E-state index in [4.69, 9.17) is 14.1 Å². The number of hydrogen-bond acceptors (Lipinski definition) is 6. The number of benzene rings is 3. The number of carbonyl (C=O) groups excluding carboxylic acids is 1. The van der Waals surface area contributed by atoms with Crippen molar-refractivity contribution >= 4 is 39.8 Å². The van der Waals surface area contributed by atoms with E-state index in [0.29, 0.717) is 34.3 Å². The molecule has 5 rings (SSSR count). The number of nitrogens with one attached hydrogen (secondary N) is 1. The minimum absolute atomic E-state index is 0.309. The molecule has 0 spiro atoms.